The van der Waals surface area contributed by atoms with E-state index in [1.54, 1.807) is 0 Å². The lowest BCUT2D eigenvalue weighted by Crippen LogP contribution is -2.38. The van der Waals surface area contributed by atoms with Crippen LogP contribution in [0.4, 0.5) is 8.78 Å². The second-order valence-corrected chi connectivity index (χ2v) is 6.33. The number of hydrogen-bond donors (Lipinski definition) is 1. The quantitative estimate of drug-likeness (QED) is 0.759. The van der Waals surface area contributed by atoms with Crippen molar-refractivity contribution in [1.29, 1.82) is 0 Å². The molecule has 1 N–H and O–H groups in total. The molecule has 1 unspecified atom stereocenters. The maximum atomic E-state index is 13.0. The van der Waals surface area contributed by atoms with Crippen LogP contribution < -0.4 is 4.72 Å². The topological polar surface area (TPSA) is 55.4 Å². The number of halogens is 3. The van der Waals surface area contributed by atoms with Crippen molar-refractivity contribution in [2.24, 2.45) is 0 Å². The van der Waals surface area contributed by atoms with E-state index < -0.39 is 27.7 Å². The van der Waals surface area contributed by atoms with Crippen LogP contribution in [-0.4, -0.2) is 33.5 Å². The minimum absolute atomic E-state index is 0.189. The molecular weight excluding hydrogens is 344 g/mol. The van der Waals surface area contributed by atoms with Crippen LogP contribution in [0.3, 0.4) is 0 Å². The number of sulfonamides is 1. The van der Waals surface area contributed by atoms with Gasteiger partial charge in [0.05, 0.1) is 11.5 Å². The fourth-order valence-electron chi connectivity index (χ4n) is 1.44. The summed E-state index contributed by atoms with van der Waals surface area (Å²) in [6.45, 7) is 0.189. The Morgan fingerprint density at radius 3 is 2.58 bits per heavy atom. The highest BCUT2D eigenvalue weighted by molar-refractivity contribution is 9.09. The van der Waals surface area contributed by atoms with Crippen LogP contribution in [0.15, 0.2) is 23.1 Å². The summed E-state index contributed by atoms with van der Waals surface area (Å²) in [5.74, 6) is -2.29. The highest BCUT2D eigenvalue weighted by atomic mass is 79.9. The predicted molar refractivity (Wildman–Crippen MR) is 70.8 cm³/mol. The number of rotatable bonds is 7. The molecule has 0 bridgehead atoms. The Balaban J connectivity index is 2.92. The second kappa shape index (κ2) is 7.28. The van der Waals surface area contributed by atoms with E-state index in [-0.39, 0.29) is 11.5 Å². The summed E-state index contributed by atoms with van der Waals surface area (Å²) in [5, 5.41) is 0.585. The van der Waals surface area contributed by atoms with Crippen molar-refractivity contribution in [3.05, 3.63) is 29.8 Å². The number of nitrogens with one attached hydrogen (secondary N) is 1. The van der Waals surface area contributed by atoms with E-state index in [4.69, 9.17) is 4.74 Å². The predicted octanol–water partition coefficient (Wildman–Crippen LogP) is 2.04. The third-order valence-electron chi connectivity index (χ3n) is 2.35. The van der Waals surface area contributed by atoms with Crippen molar-refractivity contribution in [2.45, 2.75) is 17.4 Å². The molecule has 0 spiro atoms. The molecule has 108 valence electrons. The molecule has 1 atom stereocenters. The summed E-state index contributed by atoms with van der Waals surface area (Å²) in [7, 11) is -2.45. The van der Waals surface area contributed by atoms with Crippen molar-refractivity contribution in [1.82, 2.24) is 4.72 Å². The molecule has 0 aliphatic carbocycles. The molecule has 0 aliphatic heterocycles. The smallest absolute Gasteiger partial charge is 0.241 e. The second-order valence-electron chi connectivity index (χ2n) is 3.83. The molecule has 0 fully saturated rings. The number of alkyl halides is 1. The van der Waals surface area contributed by atoms with Crippen LogP contribution >= 0.6 is 15.9 Å². The molecule has 1 rings (SSSR count). The van der Waals surface area contributed by atoms with Crippen LogP contribution in [0.1, 0.15) is 6.42 Å². The number of methoxy groups -OCH3 is 1. The van der Waals surface area contributed by atoms with Gasteiger partial charge in [-0.2, -0.15) is 0 Å². The van der Waals surface area contributed by atoms with Gasteiger partial charge >= 0.3 is 0 Å². The Hall–Kier alpha value is -0.570. The van der Waals surface area contributed by atoms with E-state index in [1.807, 2.05) is 0 Å². The Labute approximate surface area is 119 Å². The summed E-state index contributed by atoms with van der Waals surface area (Å²) in [6, 6.07) is 2.00. The molecule has 0 saturated heterocycles. The van der Waals surface area contributed by atoms with Crippen LogP contribution in [0.2, 0.25) is 0 Å². The highest BCUT2D eigenvalue weighted by Crippen LogP contribution is 2.14. The van der Waals surface area contributed by atoms with Gasteiger partial charge in [0, 0.05) is 18.5 Å². The molecule has 19 heavy (non-hydrogen) atoms. The van der Waals surface area contributed by atoms with Gasteiger partial charge in [-0.1, -0.05) is 15.9 Å². The zero-order valence-corrected chi connectivity index (χ0v) is 12.6. The van der Waals surface area contributed by atoms with E-state index >= 15 is 0 Å². The van der Waals surface area contributed by atoms with Gasteiger partial charge in [0.15, 0.2) is 11.6 Å². The summed E-state index contributed by atoms with van der Waals surface area (Å²) in [4.78, 5) is -0.318. The summed E-state index contributed by atoms with van der Waals surface area (Å²) < 4.78 is 57.1. The van der Waals surface area contributed by atoms with Crippen molar-refractivity contribution < 1.29 is 21.9 Å². The van der Waals surface area contributed by atoms with Crippen molar-refractivity contribution in [2.75, 3.05) is 19.0 Å². The maximum absolute atomic E-state index is 13.0. The molecule has 0 amide bonds. The van der Waals surface area contributed by atoms with Crippen LogP contribution in [-0.2, 0) is 14.8 Å². The monoisotopic (exact) mass is 357 g/mol. The highest BCUT2D eigenvalue weighted by Gasteiger charge is 2.21. The third kappa shape index (κ3) is 4.79. The average molecular weight is 358 g/mol. The van der Waals surface area contributed by atoms with E-state index in [9.17, 15) is 17.2 Å². The lowest BCUT2D eigenvalue weighted by molar-refractivity contribution is 0.173. The van der Waals surface area contributed by atoms with E-state index in [0.29, 0.717) is 17.8 Å². The molecule has 0 aliphatic rings. The lowest BCUT2D eigenvalue weighted by atomic mass is 10.3. The summed E-state index contributed by atoms with van der Waals surface area (Å²) in [6.07, 6.45) is 0.511. The van der Waals surface area contributed by atoms with Gasteiger partial charge in [-0.3, -0.25) is 0 Å². The molecule has 0 saturated carbocycles. The number of ether oxygens (including phenoxy) is 1. The minimum Gasteiger partial charge on any atom is -0.383 e. The van der Waals surface area contributed by atoms with Gasteiger partial charge in [-0.25, -0.2) is 21.9 Å². The first kappa shape index (κ1) is 16.5. The molecule has 4 nitrogen and oxygen atoms in total. The van der Waals surface area contributed by atoms with E-state index in [1.165, 1.54) is 7.11 Å². The largest absolute Gasteiger partial charge is 0.383 e. The van der Waals surface area contributed by atoms with Crippen molar-refractivity contribution >= 4 is 26.0 Å². The lowest BCUT2D eigenvalue weighted by Gasteiger charge is -2.17. The summed E-state index contributed by atoms with van der Waals surface area (Å²) in [5.41, 5.74) is 0. The Bertz CT molecular complexity index is 519. The Morgan fingerprint density at radius 2 is 2.05 bits per heavy atom. The minimum atomic E-state index is -3.90. The molecular formula is C11H14BrF2NO3S. The zero-order valence-electron chi connectivity index (χ0n) is 10.2. The number of benzene rings is 1. The summed E-state index contributed by atoms with van der Waals surface area (Å²) >= 11 is 3.20. The normalized spacial score (nSPS) is 13.5. The Kier molecular flexibility index (Phi) is 6.31. The van der Waals surface area contributed by atoms with E-state index in [0.717, 1.165) is 12.1 Å². The Morgan fingerprint density at radius 1 is 1.37 bits per heavy atom. The van der Waals surface area contributed by atoms with Gasteiger partial charge in [-0.15, -0.1) is 0 Å². The zero-order chi connectivity index (χ0) is 14.5. The first-order chi connectivity index (χ1) is 8.90. The van der Waals surface area contributed by atoms with Gasteiger partial charge in [0.25, 0.3) is 0 Å². The molecule has 1 aromatic rings. The van der Waals surface area contributed by atoms with Crippen LogP contribution in [0.25, 0.3) is 0 Å². The van der Waals surface area contributed by atoms with Gasteiger partial charge < -0.3 is 4.74 Å². The van der Waals surface area contributed by atoms with Crippen LogP contribution in [0, 0.1) is 11.6 Å². The third-order valence-corrected chi connectivity index (χ3v) is 4.32. The molecule has 8 heteroatoms. The molecule has 0 radical (unpaired) electrons. The average Bonchev–Trinajstić information content (AvgIpc) is 2.32. The fraction of sp³-hybridized carbons (Fsp3) is 0.455. The maximum Gasteiger partial charge on any atom is 0.241 e. The van der Waals surface area contributed by atoms with Gasteiger partial charge in [0.2, 0.25) is 10.0 Å². The molecule has 0 heterocycles. The van der Waals surface area contributed by atoms with Crippen molar-refractivity contribution in [3.63, 3.8) is 0 Å². The fourth-order valence-corrected chi connectivity index (χ4v) is 3.26. The van der Waals surface area contributed by atoms with Gasteiger partial charge in [0.1, 0.15) is 0 Å². The standard InChI is InChI=1S/C11H14BrF2NO3S/c1-18-7-8(4-5-12)15-19(16,17)9-2-3-10(13)11(14)6-9/h2-3,6,8,15H,4-5,7H2,1H3. The first-order valence-corrected chi connectivity index (χ1v) is 8.03. The number of hydrogen-bond acceptors (Lipinski definition) is 3. The molecule has 1 aromatic carbocycles. The SMILES string of the molecule is COCC(CCBr)NS(=O)(=O)c1ccc(F)c(F)c1. The first-order valence-electron chi connectivity index (χ1n) is 5.43. The van der Waals surface area contributed by atoms with Crippen molar-refractivity contribution in [3.8, 4) is 0 Å². The van der Waals surface area contributed by atoms with Gasteiger partial charge in [-0.05, 0) is 24.6 Å². The van der Waals surface area contributed by atoms with E-state index in [2.05, 4.69) is 20.7 Å². The van der Waals surface area contributed by atoms with Crippen LogP contribution in [0.5, 0.6) is 0 Å². The molecule has 0 aromatic heterocycles.